The van der Waals surface area contributed by atoms with Crippen molar-refractivity contribution in [3.05, 3.63) is 30.1 Å². The predicted molar refractivity (Wildman–Crippen MR) is 81.2 cm³/mol. The molecule has 1 aliphatic rings. The summed E-state index contributed by atoms with van der Waals surface area (Å²) >= 11 is 0. The van der Waals surface area contributed by atoms with Gasteiger partial charge in [0.05, 0.1) is 23.5 Å². The minimum Gasteiger partial charge on any atom is -0.378 e. The Balaban J connectivity index is 1.54. The van der Waals surface area contributed by atoms with Crippen molar-refractivity contribution in [2.45, 2.75) is 44.8 Å². The smallest absolute Gasteiger partial charge is 0.251 e. The number of carbonyl (C=O) groups excluding carboxylic acids is 1. The fourth-order valence-corrected chi connectivity index (χ4v) is 2.76. The highest BCUT2D eigenvalue weighted by molar-refractivity contribution is 5.97. The number of nitrogens with zero attached hydrogens (tertiary/aromatic N) is 1. The summed E-state index contributed by atoms with van der Waals surface area (Å²) in [6.45, 7) is 2.93. The van der Waals surface area contributed by atoms with E-state index in [0.717, 1.165) is 43.3 Å². The van der Waals surface area contributed by atoms with E-state index in [0.29, 0.717) is 11.7 Å². The second kappa shape index (κ2) is 6.26. The molecule has 1 aromatic carbocycles. The van der Waals surface area contributed by atoms with Crippen LogP contribution in [0.4, 0.5) is 0 Å². The van der Waals surface area contributed by atoms with Crippen LogP contribution >= 0.6 is 0 Å². The van der Waals surface area contributed by atoms with E-state index >= 15 is 0 Å². The number of ether oxygens (including phenoxy) is 1. The van der Waals surface area contributed by atoms with E-state index in [4.69, 9.17) is 4.74 Å². The van der Waals surface area contributed by atoms with Crippen LogP contribution in [-0.2, 0) is 4.74 Å². The molecule has 1 amide bonds. The third-order valence-corrected chi connectivity index (χ3v) is 4.01. The second-order valence-corrected chi connectivity index (χ2v) is 5.72. The molecule has 2 heterocycles. The predicted octanol–water partition coefficient (Wildman–Crippen LogP) is 2.64. The Kier molecular flexibility index (Phi) is 4.20. The number of hydrogen-bond donors (Lipinski definition) is 2. The third-order valence-electron chi connectivity index (χ3n) is 4.01. The average molecular weight is 287 g/mol. The van der Waals surface area contributed by atoms with Gasteiger partial charge in [-0.25, -0.2) is 4.98 Å². The van der Waals surface area contributed by atoms with Gasteiger partial charge in [0, 0.05) is 18.2 Å². The van der Waals surface area contributed by atoms with Crippen LogP contribution in [0, 0.1) is 0 Å². The van der Waals surface area contributed by atoms with Gasteiger partial charge in [0.15, 0.2) is 0 Å². The van der Waals surface area contributed by atoms with Crippen LogP contribution in [0.15, 0.2) is 24.5 Å². The van der Waals surface area contributed by atoms with E-state index in [1.807, 2.05) is 25.1 Å². The molecule has 3 rings (SSSR count). The quantitative estimate of drug-likeness (QED) is 0.888. The number of fused-ring (bicyclic) bond motifs is 1. The molecule has 0 unspecified atom stereocenters. The van der Waals surface area contributed by atoms with Crippen molar-refractivity contribution < 1.29 is 9.53 Å². The number of aromatic amines is 1. The van der Waals surface area contributed by atoms with E-state index in [-0.39, 0.29) is 11.9 Å². The average Bonchev–Trinajstić information content (AvgIpc) is 3.15. The molecule has 2 aromatic rings. The Morgan fingerprint density at radius 2 is 2.48 bits per heavy atom. The van der Waals surface area contributed by atoms with Gasteiger partial charge in [0.1, 0.15) is 0 Å². The van der Waals surface area contributed by atoms with Gasteiger partial charge < -0.3 is 15.0 Å². The summed E-state index contributed by atoms with van der Waals surface area (Å²) in [5.74, 6) is -0.0358. The summed E-state index contributed by atoms with van der Waals surface area (Å²) in [7, 11) is 0. The van der Waals surface area contributed by atoms with Crippen LogP contribution in [0.2, 0.25) is 0 Å². The molecule has 0 radical (unpaired) electrons. The molecule has 5 nitrogen and oxygen atoms in total. The zero-order valence-electron chi connectivity index (χ0n) is 12.3. The van der Waals surface area contributed by atoms with Gasteiger partial charge in [-0.1, -0.05) is 0 Å². The first-order chi connectivity index (χ1) is 10.2. The van der Waals surface area contributed by atoms with E-state index in [2.05, 4.69) is 15.3 Å². The maximum Gasteiger partial charge on any atom is 0.251 e. The number of H-pyrrole nitrogens is 1. The molecule has 0 bridgehead atoms. The van der Waals surface area contributed by atoms with Crippen molar-refractivity contribution in [3.63, 3.8) is 0 Å². The Bertz CT molecular complexity index is 617. The lowest BCUT2D eigenvalue weighted by Crippen LogP contribution is -2.33. The minimum absolute atomic E-state index is 0.0358. The van der Waals surface area contributed by atoms with Crippen molar-refractivity contribution in [1.82, 2.24) is 15.3 Å². The summed E-state index contributed by atoms with van der Waals surface area (Å²) < 4.78 is 5.61. The maximum atomic E-state index is 12.2. The highest BCUT2D eigenvalue weighted by Gasteiger charge is 2.17. The number of nitrogens with one attached hydrogen (secondary N) is 2. The first kappa shape index (κ1) is 14.1. The summed E-state index contributed by atoms with van der Waals surface area (Å²) in [5, 5.41) is 3.05. The molecule has 1 saturated heterocycles. The number of rotatable bonds is 5. The van der Waals surface area contributed by atoms with E-state index in [1.54, 1.807) is 6.33 Å². The first-order valence-corrected chi connectivity index (χ1v) is 7.58. The molecule has 2 atom stereocenters. The van der Waals surface area contributed by atoms with Crippen LogP contribution < -0.4 is 5.32 Å². The SMILES string of the molecule is C[C@H](CC[C@H]1CCCO1)NC(=O)c1ccc2nc[nH]c2c1. The fourth-order valence-electron chi connectivity index (χ4n) is 2.76. The third kappa shape index (κ3) is 3.42. The lowest BCUT2D eigenvalue weighted by Gasteiger charge is -2.16. The lowest BCUT2D eigenvalue weighted by atomic mass is 10.1. The molecule has 0 saturated carbocycles. The van der Waals surface area contributed by atoms with Gasteiger partial charge in [-0.2, -0.15) is 0 Å². The number of benzene rings is 1. The van der Waals surface area contributed by atoms with Crippen molar-refractivity contribution in [1.29, 1.82) is 0 Å². The van der Waals surface area contributed by atoms with Gasteiger partial charge in [-0.3, -0.25) is 4.79 Å². The van der Waals surface area contributed by atoms with E-state index in [1.165, 1.54) is 0 Å². The summed E-state index contributed by atoms with van der Waals surface area (Å²) in [6, 6.07) is 5.66. The molecular formula is C16H21N3O2. The number of carbonyl (C=O) groups is 1. The molecule has 1 aliphatic heterocycles. The highest BCUT2D eigenvalue weighted by atomic mass is 16.5. The van der Waals surface area contributed by atoms with Gasteiger partial charge in [0.25, 0.3) is 5.91 Å². The zero-order valence-corrected chi connectivity index (χ0v) is 12.3. The Hall–Kier alpha value is -1.88. The largest absolute Gasteiger partial charge is 0.378 e. The number of amides is 1. The summed E-state index contributed by atoms with van der Waals surface area (Å²) in [4.78, 5) is 19.4. The normalized spacial score (nSPS) is 19.8. The van der Waals surface area contributed by atoms with Gasteiger partial charge in [0.2, 0.25) is 0 Å². The number of imidazole rings is 1. The Labute approximate surface area is 124 Å². The monoisotopic (exact) mass is 287 g/mol. The van der Waals surface area contributed by atoms with Crippen LogP contribution in [0.5, 0.6) is 0 Å². The van der Waals surface area contributed by atoms with E-state index < -0.39 is 0 Å². The van der Waals surface area contributed by atoms with E-state index in [9.17, 15) is 4.79 Å². The Morgan fingerprint density at radius 1 is 1.57 bits per heavy atom. The topological polar surface area (TPSA) is 67.0 Å². The zero-order chi connectivity index (χ0) is 14.7. The summed E-state index contributed by atoms with van der Waals surface area (Å²) in [5.41, 5.74) is 2.42. The molecular weight excluding hydrogens is 266 g/mol. The second-order valence-electron chi connectivity index (χ2n) is 5.72. The van der Waals surface area contributed by atoms with Crippen molar-refractivity contribution in [2.75, 3.05) is 6.61 Å². The van der Waals surface area contributed by atoms with Gasteiger partial charge >= 0.3 is 0 Å². The van der Waals surface area contributed by atoms with Crippen molar-refractivity contribution >= 4 is 16.9 Å². The van der Waals surface area contributed by atoms with Crippen LogP contribution in [0.25, 0.3) is 11.0 Å². The highest BCUT2D eigenvalue weighted by Crippen LogP contribution is 2.18. The van der Waals surface area contributed by atoms with Crippen LogP contribution in [0.3, 0.4) is 0 Å². The summed E-state index contributed by atoms with van der Waals surface area (Å²) in [6.07, 6.45) is 6.29. The van der Waals surface area contributed by atoms with Gasteiger partial charge in [-0.15, -0.1) is 0 Å². The molecule has 2 N–H and O–H groups in total. The molecule has 0 spiro atoms. The van der Waals surface area contributed by atoms with Crippen LogP contribution in [0.1, 0.15) is 43.0 Å². The van der Waals surface area contributed by atoms with Crippen molar-refractivity contribution in [2.24, 2.45) is 0 Å². The van der Waals surface area contributed by atoms with Crippen LogP contribution in [-0.4, -0.2) is 34.6 Å². The fraction of sp³-hybridized carbons (Fsp3) is 0.500. The Morgan fingerprint density at radius 3 is 3.29 bits per heavy atom. The lowest BCUT2D eigenvalue weighted by molar-refractivity contribution is 0.0899. The molecule has 1 fully saturated rings. The molecule has 1 aromatic heterocycles. The van der Waals surface area contributed by atoms with Crippen molar-refractivity contribution in [3.8, 4) is 0 Å². The number of hydrogen-bond acceptors (Lipinski definition) is 3. The molecule has 5 heteroatoms. The molecule has 21 heavy (non-hydrogen) atoms. The maximum absolute atomic E-state index is 12.2. The first-order valence-electron chi connectivity index (χ1n) is 7.58. The molecule has 112 valence electrons. The standard InChI is InChI=1S/C16H21N3O2/c1-11(4-6-13-3-2-8-21-13)19-16(20)12-5-7-14-15(9-12)18-10-17-14/h5,7,9-11,13H,2-4,6,8H2,1H3,(H,17,18)(H,19,20)/t11-,13-/m1/s1. The van der Waals surface area contributed by atoms with Gasteiger partial charge in [-0.05, 0) is 50.8 Å². The minimum atomic E-state index is -0.0358. The number of aromatic nitrogens is 2. The molecule has 0 aliphatic carbocycles.